The third kappa shape index (κ3) is 3.88. The van der Waals surface area contributed by atoms with E-state index in [1.807, 2.05) is 20.8 Å². The van der Waals surface area contributed by atoms with E-state index in [-0.39, 0.29) is 11.9 Å². The first-order chi connectivity index (χ1) is 10.3. The molecular formula is C16H23FN2O3. The van der Waals surface area contributed by atoms with Crippen LogP contribution in [0.3, 0.4) is 0 Å². The van der Waals surface area contributed by atoms with Gasteiger partial charge in [0.25, 0.3) is 0 Å². The third-order valence-electron chi connectivity index (χ3n) is 3.42. The van der Waals surface area contributed by atoms with Gasteiger partial charge in [-0.2, -0.15) is 0 Å². The monoisotopic (exact) mass is 310 g/mol. The molecule has 2 rings (SSSR count). The Morgan fingerprint density at radius 3 is 2.77 bits per heavy atom. The summed E-state index contributed by atoms with van der Waals surface area (Å²) in [5.41, 5.74) is 0.0685. The summed E-state index contributed by atoms with van der Waals surface area (Å²) >= 11 is 0. The van der Waals surface area contributed by atoms with Crippen LogP contribution in [0.25, 0.3) is 0 Å². The molecule has 0 aliphatic carbocycles. The van der Waals surface area contributed by atoms with Crippen molar-refractivity contribution in [2.45, 2.75) is 32.4 Å². The minimum Gasteiger partial charge on any atom is -0.496 e. The summed E-state index contributed by atoms with van der Waals surface area (Å²) in [5.74, 6) is 0.203. The zero-order valence-corrected chi connectivity index (χ0v) is 13.5. The quantitative estimate of drug-likeness (QED) is 0.912. The van der Waals surface area contributed by atoms with E-state index in [1.165, 1.54) is 19.2 Å². The number of carbonyl (C=O) groups excluding carboxylic acids is 1. The number of methoxy groups -OCH3 is 1. The van der Waals surface area contributed by atoms with E-state index in [9.17, 15) is 9.18 Å². The highest BCUT2D eigenvalue weighted by Gasteiger charge is 2.33. The molecule has 0 radical (unpaired) electrons. The lowest BCUT2D eigenvalue weighted by atomic mass is 10.0. The Labute approximate surface area is 130 Å². The van der Waals surface area contributed by atoms with E-state index in [1.54, 1.807) is 11.0 Å². The van der Waals surface area contributed by atoms with Crippen LogP contribution in [-0.4, -0.2) is 43.3 Å². The lowest BCUT2D eigenvalue weighted by Crippen LogP contribution is -2.50. The molecule has 1 aromatic rings. The molecule has 0 saturated carbocycles. The summed E-state index contributed by atoms with van der Waals surface area (Å²) < 4.78 is 24.4. The molecule has 1 amide bonds. The van der Waals surface area contributed by atoms with E-state index in [0.29, 0.717) is 30.9 Å². The van der Waals surface area contributed by atoms with E-state index >= 15 is 0 Å². The summed E-state index contributed by atoms with van der Waals surface area (Å²) in [6.45, 7) is 7.17. The van der Waals surface area contributed by atoms with Crippen molar-refractivity contribution in [3.63, 3.8) is 0 Å². The molecule has 6 heteroatoms. The molecule has 1 saturated heterocycles. The van der Waals surface area contributed by atoms with Crippen LogP contribution >= 0.6 is 0 Å². The smallest absolute Gasteiger partial charge is 0.410 e. The highest BCUT2D eigenvalue weighted by atomic mass is 19.1. The average molecular weight is 310 g/mol. The fourth-order valence-electron chi connectivity index (χ4n) is 2.49. The van der Waals surface area contributed by atoms with E-state index in [0.717, 1.165) is 0 Å². The Morgan fingerprint density at radius 2 is 2.14 bits per heavy atom. The van der Waals surface area contributed by atoms with Crippen molar-refractivity contribution in [1.82, 2.24) is 10.2 Å². The maximum Gasteiger partial charge on any atom is 0.410 e. The SMILES string of the molecule is COc1ccc(F)cc1C1CNCCN1C(=O)OC(C)(C)C. The Hall–Kier alpha value is -1.82. The van der Waals surface area contributed by atoms with E-state index < -0.39 is 11.7 Å². The van der Waals surface area contributed by atoms with Crippen LogP contribution in [0, 0.1) is 5.82 Å². The Balaban J connectivity index is 2.30. The van der Waals surface area contributed by atoms with Gasteiger partial charge in [0, 0.05) is 25.2 Å². The van der Waals surface area contributed by atoms with Crippen molar-refractivity contribution in [2.24, 2.45) is 0 Å². The van der Waals surface area contributed by atoms with Gasteiger partial charge in [-0.15, -0.1) is 0 Å². The Morgan fingerprint density at radius 1 is 1.41 bits per heavy atom. The number of carbonyl (C=O) groups is 1. The van der Waals surface area contributed by atoms with Gasteiger partial charge < -0.3 is 14.8 Å². The zero-order valence-electron chi connectivity index (χ0n) is 13.5. The van der Waals surface area contributed by atoms with Crippen molar-refractivity contribution in [3.05, 3.63) is 29.6 Å². The number of piperazine rings is 1. The maximum absolute atomic E-state index is 13.6. The van der Waals surface area contributed by atoms with Gasteiger partial charge in [-0.3, -0.25) is 4.90 Å². The van der Waals surface area contributed by atoms with Crippen molar-refractivity contribution in [1.29, 1.82) is 0 Å². The van der Waals surface area contributed by atoms with E-state index in [2.05, 4.69) is 5.32 Å². The van der Waals surface area contributed by atoms with Crippen LogP contribution in [-0.2, 0) is 4.74 Å². The lowest BCUT2D eigenvalue weighted by Gasteiger charge is -2.37. The van der Waals surface area contributed by atoms with Gasteiger partial charge in [0.1, 0.15) is 17.2 Å². The van der Waals surface area contributed by atoms with Gasteiger partial charge in [-0.05, 0) is 39.0 Å². The number of rotatable bonds is 2. The summed E-state index contributed by atoms with van der Waals surface area (Å²) in [5, 5.41) is 3.22. The average Bonchev–Trinajstić information content (AvgIpc) is 2.45. The molecule has 0 bridgehead atoms. The predicted molar refractivity (Wildman–Crippen MR) is 81.5 cm³/mol. The summed E-state index contributed by atoms with van der Waals surface area (Å²) in [4.78, 5) is 14.0. The first-order valence-corrected chi connectivity index (χ1v) is 7.35. The second-order valence-corrected chi connectivity index (χ2v) is 6.28. The fourth-order valence-corrected chi connectivity index (χ4v) is 2.49. The molecule has 1 heterocycles. The molecule has 122 valence electrons. The summed E-state index contributed by atoms with van der Waals surface area (Å²) in [7, 11) is 1.53. The molecule has 1 aliphatic rings. The Kier molecular flexibility index (Phi) is 4.90. The normalized spacial score (nSPS) is 19.0. The second kappa shape index (κ2) is 6.52. The topological polar surface area (TPSA) is 50.8 Å². The minimum absolute atomic E-state index is 0.325. The number of hydrogen-bond acceptors (Lipinski definition) is 4. The van der Waals surface area contributed by atoms with Gasteiger partial charge >= 0.3 is 6.09 Å². The van der Waals surface area contributed by atoms with Crippen LogP contribution in [0.4, 0.5) is 9.18 Å². The highest BCUT2D eigenvalue weighted by Crippen LogP contribution is 2.32. The van der Waals surface area contributed by atoms with Crippen LogP contribution in [0.1, 0.15) is 32.4 Å². The van der Waals surface area contributed by atoms with E-state index in [4.69, 9.17) is 9.47 Å². The van der Waals surface area contributed by atoms with Gasteiger partial charge in [-0.25, -0.2) is 9.18 Å². The zero-order chi connectivity index (χ0) is 16.3. The lowest BCUT2D eigenvalue weighted by molar-refractivity contribution is 0.0115. The maximum atomic E-state index is 13.6. The van der Waals surface area contributed by atoms with Gasteiger partial charge in [0.15, 0.2) is 0 Å². The first kappa shape index (κ1) is 16.5. The molecule has 1 fully saturated rings. The molecule has 22 heavy (non-hydrogen) atoms. The standard InChI is InChI=1S/C16H23FN2O3/c1-16(2,3)22-15(20)19-8-7-18-10-13(19)12-9-11(17)5-6-14(12)21-4/h5-6,9,13,18H,7-8,10H2,1-4H3. The van der Waals surface area contributed by atoms with Gasteiger partial charge in [0.05, 0.1) is 13.2 Å². The number of hydrogen-bond donors (Lipinski definition) is 1. The largest absolute Gasteiger partial charge is 0.496 e. The van der Waals surface area contributed by atoms with Crippen LogP contribution in [0.2, 0.25) is 0 Å². The molecule has 1 aromatic carbocycles. The van der Waals surface area contributed by atoms with Crippen molar-refractivity contribution >= 4 is 6.09 Å². The van der Waals surface area contributed by atoms with Gasteiger partial charge in [0.2, 0.25) is 0 Å². The highest BCUT2D eigenvalue weighted by molar-refractivity contribution is 5.69. The summed E-state index contributed by atoms with van der Waals surface area (Å²) in [6.07, 6.45) is -0.398. The number of amides is 1. The number of benzene rings is 1. The number of nitrogens with zero attached hydrogens (tertiary/aromatic N) is 1. The molecule has 1 atom stereocenters. The van der Waals surface area contributed by atoms with Crippen LogP contribution in [0.5, 0.6) is 5.75 Å². The predicted octanol–water partition coefficient (Wildman–Crippen LogP) is 2.72. The number of halogens is 1. The molecular weight excluding hydrogens is 287 g/mol. The van der Waals surface area contributed by atoms with Gasteiger partial charge in [-0.1, -0.05) is 0 Å². The number of ether oxygens (including phenoxy) is 2. The summed E-state index contributed by atoms with van der Waals surface area (Å²) in [6, 6.07) is 4.01. The molecule has 1 aliphatic heterocycles. The third-order valence-corrected chi connectivity index (χ3v) is 3.42. The van der Waals surface area contributed by atoms with Crippen LogP contribution in [0.15, 0.2) is 18.2 Å². The molecule has 0 spiro atoms. The fraction of sp³-hybridized carbons (Fsp3) is 0.562. The van der Waals surface area contributed by atoms with Crippen molar-refractivity contribution in [2.75, 3.05) is 26.7 Å². The molecule has 1 unspecified atom stereocenters. The molecule has 5 nitrogen and oxygen atoms in total. The van der Waals surface area contributed by atoms with Crippen molar-refractivity contribution < 1.29 is 18.7 Å². The Bertz CT molecular complexity index is 543. The van der Waals surface area contributed by atoms with Crippen LogP contribution < -0.4 is 10.1 Å². The van der Waals surface area contributed by atoms with Crippen molar-refractivity contribution in [3.8, 4) is 5.75 Å². The molecule has 0 aromatic heterocycles. The first-order valence-electron chi connectivity index (χ1n) is 7.35. The minimum atomic E-state index is -0.571. The number of nitrogens with one attached hydrogen (secondary N) is 1. The molecule has 1 N–H and O–H groups in total. The second-order valence-electron chi connectivity index (χ2n) is 6.28.